The fourth-order valence-corrected chi connectivity index (χ4v) is 2.79. The number of piperidine rings is 1. The van der Waals surface area contributed by atoms with Crippen LogP contribution in [0.2, 0.25) is 0 Å². The van der Waals surface area contributed by atoms with Gasteiger partial charge in [0.2, 0.25) is 5.95 Å². The first-order valence-electron chi connectivity index (χ1n) is 7.93. The molecule has 1 saturated heterocycles. The minimum atomic E-state index is 0.571. The standard InChI is InChI=1S/C15H27N5/c1-4-6-10-19(3)14-12-16-18-15(17-14)20-11-8-7-9-13(20)5-2/h12-13H,4-11H2,1-3H3. The summed E-state index contributed by atoms with van der Waals surface area (Å²) in [4.78, 5) is 9.24. The molecule has 5 nitrogen and oxygen atoms in total. The molecule has 112 valence electrons. The van der Waals surface area contributed by atoms with Gasteiger partial charge in [-0.2, -0.15) is 10.1 Å². The zero-order chi connectivity index (χ0) is 14.4. The molecule has 2 rings (SSSR count). The second-order valence-corrected chi connectivity index (χ2v) is 5.64. The van der Waals surface area contributed by atoms with Crippen molar-refractivity contribution in [3.8, 4) is 0 Å². The van der Waals surface area contributed by atoms with Crippen LogP contribution in [0.15, 0.2) is 6.20 Å². The number of rotatable bonds is 6. The smallest absolute Gasteiger partial charge is 0.247 e. The van der Waals surface area contributed by atoms with Crippen molar-refractivity contribution in [3.05, 3.63) is 6.20 Å². The van der Waals surface area contributed by atoms with Crippen molar-refractivity contribution in [2.24, 2.45) is 0 Å². The van der Waals surface area contributed by atoms with Crippen LogP contribution in [-0.4, -0.2) is 41.4 Å². The fraction of sp³-hybridized carbons (Fsp3) is 0.800. The van der Waals surface area contributed by atoms with E-state index in [-0.39, 0.29) is 0 Å². The Hall–Kier alpha value is -1.39. The van der Waals surface area contributed by atoms with Crippen molar-refractivity contribution in [2.45, 2.75) is 58.4 Å². The lowest BCUT2D eigenvalue weighted by molar-refractivity contribution is 0.441. The first-order chi connectivity index (χ1) is 9.76. The summed E-state index contributed by atoms with van der Waals surface area (Å²) < 4.78 is 0. The number of unbranched alkanes of at least 4 members (excludes halogenated alkanes) is 1. The van der Waals surface area contributed by atoms with Gasteiger partial charge in [0, 0.05) is 26.2 Å². The summed E-state index contributed by atoms with van der Waals surface area (Å²) in [6, 6.07) is 0.571. The Labute approximate surface area is 122 Å². The van der Waals surface area contributed by atoms with Crippen LogP contribution < -0.4 is 9.80 Å². The van der Waals surface area contributed by atoms with Gasteiger partial charge in [0.05, 0.1) is 6.20 Å². The molecular formula is C15H27N5. The maximum absolute atomic E-state index is 4.73. The molecular weight excluding hydrogens is 250 g/mol. The number of nitrogens with zero attached hydrogens (tertiary/aromatic N) is 5. The predicted molar refractivity (Wildman–Crippen MR) is 83.3 cm³/mol. The lowest BCUT2D eigenvalue weighted by Gasteiger charge is -2.35. The summed E-state index contributed by atoms with van der Waals surface area (Å²) >= 11 is 0. The van der Waals surface area contributed by atoms with Gasteiger partial charge in [-0.25, -0.2) is 0 Å². The number of hydrogen-bond acceptors (Lipinski definition) is 5. The van der Waals surface area contributed by atoms with E-state index in [4.69, 9.17) is 4.98 Å². The summed E-state index contributed by atoms with van der Waals surface area (Å²) in [7, 11) is 2.08. The van der Waals surface area contributed by atoms with Crippen LogP contribution in [0.1, 0.15) is 52.4 Å². The first-order valence-corrected chi connectivity index (χ1v) is 7.93. The zero-order valence-electron chi connectivity index (χ0n) is 13.0. The largest absolute Gasteiger partial charge is 0.358 e. The predicted octanol–water partition coefficient (Wildman–Crippen LogP) is 2.88. The molecule has 0 radical (unpaired) electrons. The summed E-state index contributed by atoms with van der Waals surface area (Å²) in [5, 5.41) is 8.42. The summed E-state index contributed by atoms with van der Waals surface area (Å²) in [5.74, 6) is 1.74. The van der Waals surface area contributed by atoms with Crippen molar-refractivity contribution in [1.82, 2.24) is 15.2 Å². The van der Waals surface area contributed by atoms with Crippen LogP contribution in [0.4, 0.5) is 11.8 Å². The Bertz CT molecular complexity index is 409. The van der Waals surface area contributed by atoms with E-state index in [9.17, 15) is 0 Å². The van der Waals surface area contributed by atoms with Gasteiger partial charge >= 0.3 is 0 Å². The summed E-state index contributed by atoms with van der Waals surface area (Å²) in [5.41, 5.74) is 0. The molecule has 1 atom stereocenters. The number of aromatic nitrogens is 3. The Kier molecular flexibility index (Phi) is 5.56. The Morgan fingerprint density at radius 2 is 2.20 bits per heavy atom. The normalized spacial score (nSPS) is 19.1. The van der Waals surface area contributed by atoms with Gasteiger partial charge in [-0.3, -0.25) is 0 Å². The molecule has 20 heavy (non-hydrogen) atoms. The number of anilines is 2. The molecule has 1 fully saturated rings. The van der Waals surface area contributed by atoms with E-state index in [1.807, 2.05) is 0 Å². The second kappa shape index (κ2) is 7.41. The molecule has 1 aliphatic rings. The van der Waals surface area contributed by atoms with E-state index in [1.165, 1.54) is 32.1 Å². The monoisotopic (exact) mass is 277 g/mol. The van der Waals surface area contributed by atoms with Gasteiger partial charge in [0.15, 0.2) is 5.82 Å². The fourth-order valence-electron chi connectivity index (χ4n) is 2.79. The average molecular weight is 277 g/mol. The van der Waals surface area contributed by atoms with Gasteiger partial charge in [-0.05, 0) is 32.1 Å². The quantitative estimate of drug-likeness (QED) is 0.800. The van der Waals surface area contributed by atoms with Crippen LogP contribution >= 0.6 is 0 Å². The minimum Gasteiger partial charge on any atom is -0.358 e. The lowest BCUT2D eigenvalue weighted by Crippen LogP contribution is -2.40. The third-order valence-corrected chi connectivity index (χ3v) is 4.13. The van der Waals surface area contributed by atoms with Gasteiger partial charge in [-0.1, -0.05) is 20.3 Å². The van der Waals surface area contributed by atoms with E-state index in [2.05, 4.69) is 40.9 Å². The SMILES string of the molecule is CCCCN(C)c1cnnc(N2CCCCC2CC)n1. The van der Waals surface area contributed by atoms with Crippen LogP contribution in [0.5, 0.6) is 0 Å². The van der Waals surface area contributed by atoms with E-state index >= 15 is 0 Å². The van der Waals surface area contributed by atoms with Crippen LogP contribution in [-0.2, 0) is 0 Å². The molecule has 0 aromatic carbocycles. The van der Waals surface area contributed by atoms with Crippen LogP contribution in [0.3, 0.4) is 0 Å². The van der Waals surface area contributed by atoms with Crippen molar-refractivity contribution in [3.63, 3.8) is 0 Å². The number of hydrogen-bond donors (Lipinski definition) is 0. The Balaban J connectivity index is 2.11. The lowest BCUT2D eigenvalue weighted by atomic mass is 10.0. The molecule has 0 bridgehead atoms. The topological polar surface area (TPSA) is 45.2 Å². The van der Waals surface area contributed by atoms with E-state index in [0.29, 0.717) is 6.04 Å². The highest BCUT2D eigenvalue weighted by Gasteiger charge is 2.23. The summed E-state index contributed by atoms with van der Waals surface area (Å²) in [6.07, 6.45) is 9.09. The molecule has 1 aliphatic heterocycles. The molecule has 5 heteroatoms. The van der Waals surface area contributed by atoms with Gasteiger partial charge in [0.25, 0.3) is 0 Å². The minimum absolute atomic E-state index is 0.571. The molecule has 2 heterocycles. The van der Waals surface area contributed by atoms with Gasteiger partial charge in [-0.15, -0.1) is 5.10 Å². The first kappa shape index (κ1) is 15.0. The van der Waals surface area contributed by atoms with Gasteiger partial charge in [0.1, 0.15) is 0 Å². The third-order valence-electron chi connectivity index (χ3n) is 4.13. The van der Waals surface area contributed by atoms with E-state index in [1.54, 1.807) is 6.20 Å². The average Bonchev–Trinajstić information content (AvgIpc) is 2.52. The summed E-state index contributed by atoms with van der Waals surface area (Å²) in [6.45, 7) is 6.53. The van der Waals surface area contributed by atoms with Crippen molar-refractivity contribution in [2.75, 3.05) is 29.9 Å². The van der Waals surface area contributed by atoms with Crippen molar-refractivity contribution < 1.29 is 0 Å². The molecule has 0 spiro atoms. The third kappa shape index (κ3) is 3.58. The van der Waals surface area contributed by atoms with Crippen LogP contribution in [0, 0.1) is 0 Å². The molecule has 1 aromatic rings. The maximum Gasteiger partial charge on any atom is 0.247 e. The molecule has 1 aromatic heterocycles. The van der Waals surface area contributed by atoms with Crippen molar-refractivity contribution >= 4 is 11.8 Å². The molecule has 0 saturated carbocycles. The van der Waals surface area contributed by atoms with Crippen LogP contribution in [0.25, 0.3) is 0 Å². The highest BCUT2D eigenvalue weighted by atomic mass is 15.4. The molecule has 0 amide bonds. The highest BCUT2D eigenvalue weighted by molar-refractivity contribution is 5.41. The van der Waals surface area contributed by atoms with Gasteiger partial charge < -0.3 is 9.80 Å². The Morgan fingerprint density at radius 1 is 1.35 bits per heavy atom. The second-order valence-electron chi connectivity index (χ2n) is 5.64. The zero-order valence-corrected chi connectivity index (χ0v) is 13.0. The molecule has 0 aliphatic carbocycles. The Morgan fingerprint density at radius 3 is 2.95 bits per heavy atom. The highest BCUT2D eigenvalue weighted by Crippen LogP contribution is 2.24. The maximum atomic E-state index is 4.73. The molecule has 0 N–H and O–H groups in total. The van der Waals surface area contributed by atoms with E-state index < -0.39 is 0 Å². The molecule has 1 unspecified atom stereocenters. The van der Waals surface area contributed by atoms with Crippen molar-refractivity contribution in [1.29, 1.82) is 0 Å². The van der Waals surface area contributed by atoms with E-state index in [0.717, 1.165) is 31.3 Å².